The van der Waals surface area contributed by atoms with Crippen molar-refractivity contribution in [2.45, 2.75) is 19.8 Å². The van der Waals surface area contributed by atoms with Gasteiger partial charge in [-0.15, -0.1) is 0 Å². The van der Waals surface area contributed by atoms with Crippen LogP contribution in [0.25, 0.3) is 16.7 Å². The Labute approximate surface area is 139 Å². The normalized spacial score (nSPS) is 12.9. The van der Waals surface area contributed by atoms with Gasteiger partial charge in [-0.2, -0.15) is 0 Å². The third-order valence-electron chi connectivity index (χ3n) is 4.27. The molecule has 3 rings (SSSR count). The lowest BCUT2D eigenvalue weighted by atomic mass is 9.95. The van der Waals surface area contributed by atoms with Gasteiger partial charge in [-0.05, 0) is 40.7 Å². The molecule has 3 aromatic rings. The lowest BCUT2D eigenvalue weighted by molar-refractivity contribution is 0.968. The molecule has 1 atom stereocenters. The van der Waals surface area contributed by atoms with Crippen LogP contribution < -0.4 is 0 Å². The predicted octanol–water partition coefficient (Wildman–Crippen LogP) is 6.56. The minimum absolute atomic E-state index is 0.421. The molecule has 114 valence electrons. The zero-order valence-corrected chi connectivity index (χ0v) is 13.7. The van der Waals surface area contributed by atoms with E-state index in [0.29, 0.717) is 5.92 Å². The summed E-state index contributed by atoms with van der Waals surface area (Å²) in [6, 6.07) is 30.0. The first-order chi connectivity index (χ1) is 11.2. The molecule has 0 N–H and O–H groups in total. The van der Waals surface area contributed by atoms with E-state index in [-0.39, 0.29) is 0 Å². The standard InChI is InChI=1S/C23H22/c1-18(20-9-5-3-6-10-20)17-19(2)21-13-15-23(16-14-21)22-11-7-4-8-12-22/h3-18H,1-2H3/b19-17+. The summed E-state index contributed by atoms with van der Waals surface area (Å²) < 4.78 is 0. The molecule has 0 aromatic heterocycles. The first kappa shape index (κ1) is 15.3. The van der Waals surface area contributed by atoms with Gasteiger partial charge >= 0.3 is 0 Å². The molecule has 0 heterocycles. The Morgan fingerprint density at radius 2 is 1.22 bits per heavy atom. The van der Waals surface area contributed by atoms with Gasteiger partial charge in [0.05, 0.1) is 0 Å². The quantitative estimate of drug-likeness (QED) is 0.511. The number of allylic oxidation sites excluding steroid dienone is 2. The highest BCUT2D eigenvalue weighted by Crippen LogP contribution is 2.25. The van der Waals surface area contributed by atoms with Gasteiger partial charge in [0.2, 0.25) is 0 Å². The highest BCUT2D eigenvalue weighted by Gasteiger charge is 2.04. The van der Waals surface area contributed by atoms with Crippen molar-refractivity contribution in [3.63, 3.8) is 0 Å². The summed E-state index contributed by atoms with van der Waals surface area (Å²) in [4.78, 5) is 0. The second kappa shape index (κ2) is 7.11. The molecule has 0 fully saturated rings. The molecule has 0 saturated heterocycles. The molecule has 0 saturated carbocycles. The smallest absolute Gasteiger partial charge is 0.000451 e. The van der Waals surface area contributed by atoms with Crippen LogP contribution in [0.3, 0.4) is 0 Å². The minimum atomic E-state index is 0.421. The van der Waals surface area contributed by atoms with Gasteiger partial charge in [-0.25, -0.2) is 0 Å². The third kappa shape index (κ3) is 3.78. The molecule has 0 nitrogen and oxygen atoms in total. The molecular formula is C23H22. The van der Waals surface area contributed by atoms with Crippen molar-refractivity contribution >= 4 is 5.57 Å². The first-order valence-corrected chi connectivity index (χ1v) is 8.13. The molecule has 0 heteroatoms. The average molecular weight is 298 g/mol. The maximum absolute atomic E-state index is 2.34. The summed E-state index contributed by atoms with van der Waals surface area (Å²) in [7, 11) is 0. The van der Waals surface area contributed by atoms with E-state index >= 15 is 0 Å². The zero-order valence-electron chi connectivity index (χ0n) is 13.7. The Hall–Kier alpha value is -2.60. The molecule has 0 spiro atoms. The number of hydrogen-bond donors (Lipinski definition) is 0. The Bertz CT molecular complexity index is 765. The van der Waals surface area contributed by atoms with Crippen molar-refractivity contribution in [1.82, 2.24) is 0 Å². The summed E-state index contributed by atoms with van der Waals surface area (Å²) in [6.45, 7) is 4.44. The Kier molecular flexibility index (Phi) is 4.73. The van der Waals surface area contributed by atoms with Crippen LogP contribution in [0.15, 0.2) is 91.0 Å². The predicted molar refractivity (Wildman–Crippen MR) is 100 cm³/mol. The second-order valence-electron chi connectivity index (χ2n) is 5.99. The molecule has 23 heavy (non-hydrogen) atoms. The van der Waals surface area contributed by atoms with Crippen LogP contribution in [0.1, 0.15) is 30.9 Å². The van der Waals surface area contributed by atoms with Crippen LogP contribution in [0, 0.1) is 0 Å². The Morgan fingerprint density at radius 3 is 1.83 bits per heavy atom. The van der Waals surface area contributed by atoms with Crippen LogP contribution in [-0.2, 0) is 0 Å². The summed E-state index contributed by atoms with van der Waals surface area (Å²) >= 11 is 0. The molecule has 0 aliphatic rings. The Balaban J connectivity index is 1.80. The van der Waals surface area contributed by atoms with Crippen LogP contribution in [0.4, 0.5) is 0 Å². The fourth-order valence-electron chi connectivity index (χ4n) is 2.88. The van der Waals surface area contributed by atoms with Crippen molar-refractivity contribution in [2.75, 3.05) is 0 Å². The van der Waals surface area contributed by atoms with Gasteiger partial charge in [0.1, 0.15) is 0 Å². The highest BCUT2D eigenvalue weighted by atomic mass is 14.1. The van der Waals surface area contributed by atoms with E-state index in [1.54, 1.807) is 0 Å². The SMILES string of the molecule is C/C(=C\C(C)c1ccccc1)c1ccc(-c2ccccc2)cc1. The van der Waals surface area contributed by atoms with E-state index in [1.165, 1.54) is 27.8 Å². The van der Waals surface area contributed by atoms with Gasteiger partial charge in [0.25, 0.3) is 0 Å². The topological polar surface area (TPSA) is 0 Å². The first-order valence-electron chi connectivity index (χ1n) is 8.13. The fraction of sp³-hybridized carbons (Fsp3) is 0.130. The number of rotatable bonds is 4. The van der Waals surface area contributed by atoms with Gasteiger partial charge in [-0.3, -0.25) is 0 Å². The lowest BCUT2D eigenvalue weighted by Gasteiger charge is -2.10. The molecule has 0 amide bonds. The average Bonchev–Trinajstić information content (AvgIpc) is 2.63. The van der Waals surface area contributed by atoms with Crippen LogP contribution in [0.2, 0.25) is 0 Å². The van der Waals surface area contributed by atoms with Crippen LogP contribution >= 0.6 is 0 Å². The van der Waals surface area contributed by atoms with E-state index in [2.05, 4.69) is 105 Å². The lowest BCUT2D eigenvalue weighted by Crippen LogP contribution is -1.90. The molecule has 0 radical (unpaired) electrons. The van der Waals surface area contributed by atoms with Gasteiger partial charge in [-0.1, -0.05) is 97.9 Å². The third-order valence-corrected chi connectivity index (χ3v) is 4.27. The monoisotopic (exact) mass is 298 g/mol. The minimum Gasteiger partial charge on any atom is -0.0738 e. The van der Waals surface area contributed by atoms with Crippen molar-refractivity contribution in [1.29, 1.82) is 0 Å². The molecule has 1 unspecified atom stereocenters. The van der Waals surface area contributed by atoms with Crippen molar-refractivity contribution in [2.24, 2.45) is 0 Å². The van der Waals surface area contributed by atoms with E-state index in [4.69, 9.17) is 0 Å². The molecule has 3 aromatic carbocycles. The zero-order chi connectivity index (χ0) is 16.1. The van der Waals surface area contributed by atoms with E-state index in [0.717, 1.165) is 0 Å². The maximum Gasteiger partial charge on any atom is -0.000451 e. The molecule has 0 aliphatic carbocycles. The summed E-state index contributed by atoms with van der Waals surface area (Å²) in [6.07, 6.45) is 2.34. The molecule has 0 bridgehead atoms. The Morgan fingerprint density at radius 1 is 0.696 bits per heavy atom. The van der Waals surface area contributed by atoms with Crippen molar-refractivity contribution in [3.05, 3.63) is 102 Å². The summed E-state index contributed by atoms with van der Waals surface area (Å²) in [5, 5.41) is 0. The summed E-state index contributed by atoms with van der Waals surface area (Å²) in [5.41, 5.74) is 6.48. The van der Waals surface area contributed by atoms with Gasteiger partial charge < -0.3 is 0 Å². The highest BCUT2D eigenvalue weighted by molar-refractivity contribution is 5.70. The molecular weight excluding hydrogens is 276 g/mol. The second-order valence-corrected chi connectivity index (χ2v) is 5.99. The van der Waals surface area contributed by atoms with Crippen molar-refractivity contribution < 1.29 is 0 Å². The van der Waals surface area contributed by atoms with Crippen LogP contribution in [0.5, 0.6) is 0 Å². The van der Waals surface area contributed by atoms with Gasteiger partial charge in [0, 0.05) is 0 Å². The van der Waals surface area contributed by atoms with Gasteiger partial charge in [0.15, 0.2) is 0 Å². The molecule has 0 aliphatic heterocycles. The number of benzene rings is 3. The van der Waals surface area contributed by atoms with Crippen molar-refractivity contribution in [3.8, 4) is 11.1 Å². The fourth-order valence-corrected chi connectivity index (χ4v) is 2.88. The summed E-state index contributed by atoms with van der Waals surface area (Å²) in [5.74, 6) is 0.421. The van der Waals surface area contributed by atoms with E-state index in [9.17, 15) is 0 Å². The largest absolute Gasteiger partial charge is 0.0738 e. The van der Waals surface area contributed by atoms with E-state index < -0.39 is 0 Å². The van der Waals surface area contributed by atoms with E-state index in [1.807, 2.05) is 0 Å². The van der Waals surface area contributed by atoms with Crippen LogP contribution in [-0.4, -0.2) is 0 Å². The maximum atomic E-state index is 2.34. The number of hydrogen-bond acceptors (Lipinski definition) is 0.